The van der Waals surface area contributed by atoms with Crippen molar-refractivity contribution in [2.75, 3.05) is 6.54 Å². The summed E-state index contributed by atoms with van der Waals surface area (Å²) in [5.74, 6) is -2.56. The summed E-state index contributed by atoms with van der Waals surface area (Å²) in [7, 11) is 0. The van der Waals surface area contributed by atoms with Crippen molar-refractivity contribution in [3.8, 4) is 11.5 Å². The summed E-state index contributed by atoms with van der Waals surface area (Å²) in [6.07, 6.45) is 2.71. The SMILES string of the molecule is O=C(CN(C(=O)c1ccc(Cl)c(Cl)c1)N1C(=O)[C@H]2CCCC[C@@H]2C1=O)c1ccc(Oc2ccc([N+](=O)[O-])cc2)cc1. The molecule has 3 amide bonds. The molecular weight excluding hydrogens is 573 g/mol. The van der Waals surface area contributed by atoms with Crippen molar-refractivity contribution in [3.05, 3.63) is 98.0 Å². The summed E-state index contributed by atoms with van der Waals surface area (Å²) in [6, 6.07) is 15.7. The lowest BCUT2D eigenvalue weighted by molar-refractivity contribution is -0.384. The highest BCUT2D eigenvalue weighted by molar-refractivity contribution is 6.42. The molecule has 1 aliphatic heterocycles. The lowest BCUT2D eigenvalue weighted by Crippen LogP contribution is -2.52. The minimum absolute atomic E-state index is 0.0644. The van der Waals surface area contributed by atoms with Gasteiger partial charge in [-0.1, -0.05) is 36.0 Å². The third-order valence-corrected chi connectivity index (χ3v) is 7.95. The van der Waals surface area contributed by atoms with Gasteiger partial charge in [-0.3, -0.25) is 29.3 Å². The average Bonchev–Trinajstić information content (AvgIpc) is 3.22. The molecule has 1 heterocycles. The average molecular weight is 596 g/mol. The molecule has 3 aromatic carbocycles. The van der Waals surface area contributed by atoms with E-state index < -0.39 is 46.8 Å². The monoisotopic (exact) mass is 595 g/mol. The summed E-state index contributed by atoms with van der Waals surface area (Å²) >= 11 is 12.1. The maximum atomic E-state index is 13.6. The Balaban J connectivity index is 1.38. The van der Waals surface area contributed by atoms with Gasteiger partial charge < -0.3 is 4.74 Å². The Kier molecular flexibility index (Phi) is 8.05. The Bertz CT molecular complexity index is 1520. The van der Waals surface area contributed by atoms with Crippen LogP contribution in [0.15, 0.2) is 66.7 Å². The number of halogens is 2. The minimum Gasteiger partial charge on any atom is -0.457 e. The Morgan fingerprint density at radius 2 is 1.39 bits per heavy atom. The number of benzene rings is 3. The molecule has 2 fully saturated rings. The van der Waals surface area contributed by atoms with Crippen LogP contribution in [0.1, 0.15) is 46.4 Å². The molecule has 10 nitrogen and oxygen atoms in total. The van der Waals surface area contributed by atoms with Crippen LogP contribution < -0.4 is 4.74 Å². The van der Waals surface area contributed by atoms with E-state index in [0.29, 0.717) is 24.3 Å². The van der Waals surface area contributed by atoms with Crippen LogP contribution in [0.4, 0.5) is 5.69 Å². The minimum atomic E-state index is -0.740. The fraction of sp³-hybridized carbons (Fsp3) is 0.241. The van der Waals surface area contributed by atoms with Gasteiger partial charge >= 0.3 is 0 Å². The second-order valence-corrected chi connectivity index (χ2v) is 10.6. The number of imide groups is 1. The topological polar surface area (TPSA) is 127 Å². The first-order chi connectivity index (χ1) is 19.6. The van der Waals surface area contributed by atoms with E-state index in [2.05, 4.69) is 0 Å². The molecular formula is C29H23Cl2N3O7. The van der Waals surface area contributed by atoms with E-state index in [4.69, 9.17) is 27.9 Å². The first-order valence-electron chi connectivity index (χ1n) is 12.8. The lowest BCUT2D eigenvalue weighted by atomic mass is 9.81. The van der Waals surface area contributed by atoms with E-state index >= 15 is 0 Å². The highest BCUT2D eigenvalue weighted by Gasteiger charge is 2.51. The third-order valence-electron chi connectivity index (χ3n) is 7.21. The van der Waals surface area contributed by atoms with Crippen LogP contribution in [0.3, 0.4) is 0 Å². The van der Waals surface area contributed by atoms with Gasteiger partial charge in [0, 0.05) is 23.3 Å². The molecule has 3 aromatic rings. The summed E-state index contributed by atoms with van der Waals surface area (Å²) in [4.78, 5) is 64.0. The van der Waals surface area contributed by atoms with Crippen molar-refractivity contribution in [1.82, 2.24) is 10.0 Å². The molecule has 1 aliphatic carbocycles. The van der Waals surface area contributed by atoms with Gasteiger partial charge in [-0.05, 0) is 67.4 Å². The highest BCUT2D eigenvalue weighted by Crippen LogP contribution is 2.39. The van der Waals surface area contributed by atoms with Gasteiger partial charge in [0.15, 0.2) is 5.78 Å². The van der Waals surface area contributed by atoms with Gasteiger partial charge in [0.05, 0.1) is 26.8 Å². The first kappa shape index (κ1) is 28.3. The predicted molar refractivity (Wildman–Crippen MR) is 149 cm³/mol. The zero-order chi connectivity index (χ0) is 29.3. The molecule has 2 atom stereocenters. The molecule has 1 saturated heterocycles. The summed E-state index contributed by atoms with van der Waals surface area (Å²) in [5.41, 5.74) is 0.200. The number of fused-ring (bicyclic) bond motifs is 1. The number of hydrogen-bond acceptors (Lipinski definition) is 7. The van der Waals surface area contributed by atoms with Gasteiger partial charge in [-0.15, -0.1) is 0 Å². The predicted octanol–water partition coefficient (Wildman–Crippen LogP) is 6.11. The molecule has 0 spiro atoms. The first-order valence-corrected chi connectivity index (χ1v) is 13.6. The van der Waals surface area contributed by atoms with Crippen LogP contribution in [0.5, 0.6) is 11.5 Å². The maximum Gasteiger partial charge on any atom is 0.273 e. The van der Waals surface area contributed by atoms with E-state index in [0.717, 1.165) is 22.9 Å². The van der Waals surface area contributed by atoms with Crippen molar-refractivity contribution in [2.24, 2.45) is 11.8 Å². The fourth-order valence-electron chi connectivity index (χ4n) is 5.10. The van der Waals surface area contributed by atoms with E-state index in [1.165, 1.54) is 66.7 Å². The summed E-state index contributed by atoms with van der Waals surface area (Å²) in [6.45, 7) is -0.571. The number of nitro benzene ring substituents is 1. The normalized spacial score (nSPS) is 18.1. The Hall–Kier alpha value is -4.28. The number of carbonyl (C=O) groups is 4. The number of amides is 3. The molecule has 1 saturated carbocycles. The van der Waals surface area contributed by atoms with Gasteiger partial charge in [0.25, 0.3) is 23.4 Å². The maximum absolute atomic E-state index is 13.6. The number of nitro groups is 1. The summed E-state index contributed by atoms with van der Waals surface area (Å²) in [5, 5.41) is 12.9. The quantitative estimate of drug-likeness (QED) is 0.133. The van der Waals surface area contributed by atoms with E-state index in [1.807, 2.05) is 0 Å². The van der Waals surface area contributed by atoms with Crippen molar-refractivity contribution < 1.29 is 28.8 Å². The standard InChI is InChI=1S/C29H23Cl2N3O7/c30-24-14-7-18(15-25(24)31)27(36)32(33-28(37)22-3-1-2-4-23(22)29(33)38)16-26(35)17-5-10-20(11-6-17)41-21-12-8-19(9-13-21)34(39)40/h5-15,22-23H,1-4,16H2/t22-,23-/m0/s1. The number of ether oxygens (including phenoxy) is 1. The van der Waals surface area contributed by atoms with Gasteiger partial charge in [-0.2, -0.15) is 5.01 Å². The zero-order valence-corrected chi connectivity index (χ0v) is 23.0. The Labute approximate surface area is 244 Å². The smallest absolute Gasteiger partial charge is 0.273 e. The second kappa shape index (κ2) is 11.7. The number of hydrazine groups is 1. The third kappa shape index (κ3) is 5.79. The molecule has 0 N–H and O–H groups in total. The number of nitrogens with zero attached hydrogens (tertiary/aromatic N) is 3. The number of rotatable bonds is 8. The molecule has 210 valence electrons. The number of hydrogen-bond donors (Lipinski definition) is 0. The fourth-order valence-corrected chi connectivity index (χ4v) is 5.40. The van der Waals surface area contributed by atoms with Crippen LogP contribution in [0.2, 0.25) is 10.0 Å². The number of non-ortho nitro benzene ring substituents is 1. The van der Waals surface area contributed by atoms with Crippen LogP contribution in [0, 0.1) is 22.0 Å². The van der Waals surface area contributed by atoms with Crippen molar-refractivity contribution in [2.45, 2.75) is 25.7 Å². The van der Waals surface area contributed by atoms with E-state index in [-0.39, 0.29) is 26.9 Å². The van der Waals surface area contributed by atoms with Crippen molar-refractivity contribution >= 4 is 52.4 Å². The zero-order valence-electron chi connectivity index (χ0n) is 21.5. The van der Waals surface area contributed by atoms with E-state index in [1.54, 1.807) is 0 Å². The Morgan fingerprint density at radius 3 is 1.93 bits per heavy atom. The van der Waals surface area contributed by atoms with Crippen molar-refractivity contribution in [3.63, 3.8) is 0 Å². The number of ketones is 1. The van der Waals surface area contributed by atoms with Crippen LogP contribution in [-0.4, -0.2) is 45.0 Å². The molecule has 0 unspecified atom stereocenters. The molecule has 12 heteroatoms. The Morgan fingerprint density at radius 1 is 0.854 bits per heavy atom. The highest BCUT2D eigenvalue weighted by atomic mass is 35.5. The largest absolute Gasteiger partial charge is 0.457 e. The van der Waals surface area contributed by atoms with Gasteiger partial charge in [0.1, 0.15) is 18.0 Å². The number of Topliss-reactive ketones (excluding diaryl/α,β-unsaturated/α-hetero) is 1. The van der Waals surface area contributed by atoms with Crippen molar-refractivity contribution in [1.29, 1.82) is 0 Å². The van der Waals surface area contributed by atoms with Crippen LogP contribution in [-0.2, 0) is 9.59 Å². The van der Waals surface area contributed by atoms with Crippen LogP contribution >= 0.6 is 23.2 Å². The second-order valence-electron chi connectivity index (χ2n) is 9.78. The molecule has 0 radical (unpaired) electrons. The molecule has 41 heavy (non-hydrogen) atoms. The molecule has 0 aromatic heterocycles. The van der Waals surface area contributed by atoms with Gasteiger partial charge in [-0.25, -0.2) is 5.01 Å². The molecule has 5 rings (SSSR count). The van der Waals surface area contributed by atoms with Gasteiger partial charge in [0.2, 0.25) is 0 Å². The number of carbonyl (C=O) groups excluding carboxylic acids is 4. The van der Waals surface area contributed by atoms with E-state index in [9.17, 15) is 29.3 Å². The summed E-state index contributed by atoms with van der Waals surface area (Å²) < 4.78 is 5.69. The van der Waals surface area contributed by atoms with Crippen LogP contribution in [0.25, 0.3) is 0 Å². The molecule has 2 aliphatic rings. The molecule has 0 bridgehead atoms. The lowest BCUT2D eigenvalue weighted by Gasteiger charge is -2.30.